The maximum absolute atomic E-state index is 11.8. The average Bonchev–Trinajstić information content (AvgIpc) is 2.68. The predicted molar refractivity (Wildman–Crippen MR) is 62.6 cm³/mol. The molecular weight excluding hydrogens is 236 g/mol. The van der Waals surface area contributed by atoms with Gasteiger partial charge in [-0.05, 0) is 12.8 Å². The van der Waals surface area contributed by atoms with Crippen LogP contribution in [0.3, 0.4) is 0 Å². The van der Waals surface area contributed by atoms with Gasteiger partial charge in [0.1, 0.15) is 0 Å². The molecule has 0 radical (unpaired) electrons. The third kappa shape index (κ3) is 2.32. The first-order valence-corrected chi connectivity index (χ1v) is 6.28. The molecule has 2 fully saturated rings. The molecule has 2 saturated heterocycles. The van der Waals surface area contributed by atoms with Crippen molar-refractivity contribution in [2.75, 3.05) is 19.7 Å². The summed E-state index contributed by atoms with van der Waals surface area (Å²) in [5.74, 6) is -0.155. The molecule has 2 aliphatic heterocycles. The highest BCUT2D eigenvalue weighted by Gasteiger charge is 2.39. The molecule has 0 N–H and O–H groups in total. The van der Waals surface area contributed by atoms with E-state index in [0.29, 0.717) is 25.9 Å². The van der Waals surface area contributed by atoms with Crippen LogP contribution in [0.1, 0.15) is 26.7 Å². The van der Waals surface area contributed by atoms with E-state index in [9.17, 15) is 14.4 Å². The lowest BCUT2D eigenvalue weighted by Crippen LogP contribution is -2.49. The predicted octanol–water partition coefficient (Wildman–Crippen LogP) is 0.612. The van der Waals surface area contributed by atoms with Gasteiger partial charge < -0.3 is 9.64 Å². The van der Waals surface area contributed by atoms with E-state index in [1.54, 1.807) is 4.90 Å². The van der Waals surface area contributed by atoms with Crippen molar-refractivity contribution in [1.82, 2.24) is 9.80 Å². The normalized spacial score (nSPS) is 21.7. The van der Waals surface area contributed by atoms with Crippen LogP contribution in [0.25, 0.3) is 0 Å². The van der Waals surface area contributed by atoms with Gasteiger partial charge in [-0.25, -0.2) is 9.69 Å². The molecule has 0 saturated carbocycles. The molecule has 2 rings (SSSR count). The quantitative estimate of drug-likeness (QED) is 0.724. The van der Waals surface area contributed by atoms with Gasteiger partial charge in [0.25, 0.3) is 5.91 Å². The maximum atomic E-state index is 11.8. The van der Waals surface area contributed by atoms with Crippen molar-refractivity contribution in [3.63, 3.8) is 0 Å². The molecule has 2 aliphatic rings. The van der Waals surface area contributed by atoms with Crippen LogP contribution in [-0.2, 0) is 14.3 Å². The maximum Gasteiger partial charge on any atom is 0.417 e. The standard InChI is InChI=1S/C12H18N2O4/c1-8(2)11(16)13-5-3-9(4-6-13)14-10(15)7-18-12(14)17/h8-9H,3-7H2,1-2H3. The number of imide groups is 1. The van der Waals surface area contributed by atoms with Gasteiger partial charge in [-0.15, -0.1) is 0 Å². The molecule has 0 atom stereocenters. The first-order chi connectivity index (χ1) is 8.50. The van der Waals surface area contributed by atoms with Crippen LogP contribution in [0.15, 0.2) is 0 Å². The Kier molecular flexibility index (Phi) is 3.54. The zero-order chi connectivity index (χ0) is 13.3. The average molecular weight is 254 g/mol. The minimum Gasteiger partial charge on any atom is -0.439 e. The topological polar surface area (TPSA) is 66.9 Å². The van der Waals surface area contributed by atoms with E-state index >= 15 is 0 Å². The number of likely N-dealkylation sites (tertiary alicyclic amines) is 1. The molecule has 2 heterocycles. The number of cyclic esters (lactones) is 1. The molecule has 0 aromatic carbocycles. The third-order valence-electron chi connectivity index (χ3n) is 3.42. The Morgan fingerprint density at radius 3 is 2.33 bits per heavy atom. The second kappa shape index (κ2) is 4.96. The van der Waals surface area contributed by atoms with Gasteiger partial charge in [-0.2, -0.15) is 0 Å². The van der Waals surface area contributed by atoms with Gasteiger partial charge in [-0.3, -0.25) is 9.59 Å². The summed E-state index contributed by atoms with van der Waals surface area (Å²) >= 11 is 0. The summed E-state index contributed by atoms with van der Waals surface area (Å²) in [4.78, 5) is 37.7. The zero-order valence-corrected chi connectivity index (χ0v) is 10.7. The molecule has 0 spiro atoms. The molecule has 3 amide bonds. The lowest BCUT2D eigenvalue weighted by atomic mass is 10.0. The smallest absolute Gasteiger partial charge is 0.417 e. The van der Waals surface area contributed by atoms with E-state index < -0.39 is 6.09 Å². The second-order valence-corrected chi connectivity index (χ2v) is 5.03. The van der Waals surface area contributed by atoms with Crippen molar-refractivity contribution in [3.05, 3.63) is 0 Å². The number of hydrogen-bond donors (Lipinski definition) is 0. The van der Waals surface area contributed by atoms with Gasteiger partial charge in [0, 0.05) is 25.0 Å². The van der Waals surface area contributed by atoms with E-state index in [1.807, 2.05) is 13.8 Å². The molecule has 0 unspecified atom stereocenters. The number of hydrogen-bond acceptors (Lipinski definition) is 4. The Labute approximate surface area is 106 Å². The van der Waals surface area contributed by atoms with Crippen molar-refractivity contribution in [3.8, 4) is 0 Å². The largest absolute Gasteiger partial charge is 0.439 e. The molecule has 0 bridgehead atoms. The number of carbonyl (C=O) groups excluding carboxylic acids is 3. The van der Waals surface area contributed by atoms with Crippen LogP contribution in [0.2, 0.25) is 0 Å². The van der Waals surface area contributed by atoms with Crippen molar-refractivity contribution in [1.29, 1.82) is 0 Å². The van der Waals surface area contributed by atoms with Crippen LogP contribution >= 0.6 is 0 Å². The monoisotopic (exact) mass is 254 g/mol. The Balaban J connectivity index is 1.92. The lowest BCUT2D eigenvalue weighted by Gasteiger charge is -2.35. The first kappa shape index (κ1) is 12.9. The molecule has 18 heavy (non-hydrogen) atoms. The van der Waals surface area contributed by atoms with Crippen LogP contribution in [0, 0.1) is 5.92 Å². The lowest BCUT2D eigenvalue weighted by molar-refractivity contribution is -0.136. The van der Waals surface area contributed by atoms with E-state index in [1.165, 1.54) is 4.90 Å². The molecule has 6 nitrogen and oxygen atoms in total. The molecule has 0 aliphatic carbocycles. The number of nitrogens with zero attached hydrogens (tertiary/aromatic N) is 2. The SMILES string of the molecule is CC(C)C(=O)N1CCC(N2C(=O)COC2=O)CC1. The fraction of sp³-hybridized carbons (Fsp3) is 0.750. The number of piperidine rings is 1. The Hall–Kier alpha value is -1.59. The minimum absolute atomic E-state index is 0.0140. The van der Waals surface area contributed by atoms with E-state index in [0.717, 1.165) is 0 Å². The van der Waals surface area contributed by atoms with Gasteiger partial charge in [0.2, 0.25) is 5.91 Å². The summed E-state index contributed by atoms with van der Waals surface area (Å²) in [6.07, 6.45) is 0.729. The highest BCUT2D eigenvalue weighted by Crippen LogP contribution is 2.21. The molecule has 0 aromatic heterocycles. The van der Waals surface area contributed by atoms with Crippen LogP contribution in [-0.4, -0.2) is 53.4 Å². The van der Waals surface area contributed by atoms with Gasteiger partial charge in [0.15, 0.2) is 6.61 Å². The van der Waals surface area contributed by atoms with E-state index in [-0.39, 0.29) is 30.4 Å². The van der Waals surface area contributed by atoms with Crippen molar-refractivity contribution in [2.24, 2.45) is 5.92 Å². The number of rotatable bonds is 2. The number of ether oxygens (including phenoxy) is 1. The van der Waals surface area contributed by atoms with Gasteiger partial charge >= 0.3 is 6.09 Å². The zero-order valence-electron chi connectivity index (χ0n) is 10.7. The van der Waals surface area contributed by atoms with Crippen LogP contribution in [0.4, 0.5) is 4.79 Å². The number of amides is 3. The van der Waals surface area contributed by atoms with E-state index in [2.05, 4.69) is 0 Å². The molecule has 0 aromatic rings. The highest BCUT2D eigenvalue weighted by atomic mass is 16.6. The second-order valence-electron chi connectivity index (χ2n) is 5.03. The fourth-order valence-corrected chi connectivity index (χ4v) is 2.43. The first-order valence-electron chi connectivity index (χ1n) is 6.28. The summed E-state index contributed by atoms with van der Waals surface area (Å²) in [6, 6.07) is -0.122. The van der Waals surface area contributed by atoms with Crippen molar-refractivity contribution in [2.45, 2.75) is 32.7 Å². The van der Waals surface area contributed by atoms with E-state index in [4.69, 9.17) is 4.74 Å². The van der Waals surface area contributed by atoms with Crippen LogP contribution < -0.4 is 0 Å². The van der Waals surface area contributed by atoms with Crippen molar-refractivity contribution >= 4 is 17.9 Å². The molecule has 100 valence electrons. The highest BCUT2D eigenvalue weighted by molar-refractivity contribution is 5.98. The third-order valence-corrected chi connectivity index (χ3v) is 3.42. The summed E-state index contributed by atoms with van der Waals surface area (Å²) in [5.41, 5.74) is 0. The van der Waals surface area contributed by atoms with Crippen molar-refractivity contribution < 1.29 is 19.1 Å². The summed E-state index contributed by atoms with van der Waals surface area (Å²) in [7, 11) is 0. The summed E-state index contributed by atoms with van der Waals surface area (Å²) < 4.78 is 4.70. The molecular formula is C12H18N2O4. The summed E-state index contributed by atoms with van der Waals surface area (Å²) in [6.45, 7) is 4.78. The Morgan fingerprint density at radius 1 is 1.28 bits per heavy atom. The fourth-order valence-electron chi connectivity index (χ4n) is 2.43. The van der Waals surface area contributed by atoms with Gasteiger partial charge in [0.05, 0.1) is 0 Å². The molecule has 6 heteroatoms. The Morgan fingerprint density at radius 2 is 1.89 bits per heavy atom. The Bertz CT molecular complexity index is 356. The van der Waals surface area contributed by atoms with Crippen LogP contribution in [0.5, 0.6) is 0 Å². The minimum atomic E-state index is -0.548. The van der Waals surface area contributed by atoms with Gasteiger partial charge in [-0.1, -0.05) is 13.8 Å². The number of carbonyl (C=O) groups is 3. The summed E-state index contributed by atoms with van der Waals surface area (Å²) in [5, 5.41) is 0.